The van der Waals surface area contributed by atoms with Gasteiger partial charge in [0.05, 0.1) is 4.92 Å². The van der Waals surface area contributed by atoms with E-state index in [1.807, 2.05) is 13.8 Å². The lowest BCUT2D eigenvalue weighted by Crippen LogP contribution is -2.18. The molecule has 0 aliphatic rings. The number of hydrogen-bond acceptors (Lipinski definition) is 6. The summed E-state index contributed by atoms with van der Waals surface area (Å²) in [5.74, 6) is 0.686. The third kappa shape index (κ3) is 4.99. The Morgan fingerprint density at radius 2 is 2.15 bits per heavy atom. The first-order valence-electron chi connectivity index (χ1n) is 7.10. The number of unbranched alkanes of at least 4 members (excludes halogenated alkanes) is 2. The number of rotatable bonds is 9. The van der Waals surface area contributed by atoms with Gasteiger partial charge in [-0.15, -0.1) is 0 Å². The number of hydrogen-bond donors (Lipinski definition) is 2. The number of aromatic nitrogens is 2. The summed E-state index contributed by atoms with van der Waals surface area (Å²) in [5, 5.41) is 17.1. The largest absolute Gasteiger partial charge is 0.362 e. The third-order valence-electron chi connectivity index (χ3n) is 2.92. The summed E-state index contributed by atoms with van der Waals surface area (Å²) in [4.78, 5) is 18.6. The minimum Gasteiger partial charge on any atom is -0.362 e. The second-order valence-electron chi connectivity index (χ2n) is 4.76. The smallest absolute Gasteiger partial charge is 0.329 e. The van der Waals surface area contributed by atoms with Gasteiger partial charge in [-0.25, -0.2) is 4.98 Å². The van der Waals surface area contributed by atoms with Crippen molar-refractivity contribution >= 4 is 17.5 Å². The van der Waals surface area contributed by atoms with Crippen LogP contribution in [0, 0.1) is 10.1 Å². The molecule has 1 aromatic heterocycles. The first-order valence-corrected chi connectivity index (χ1v) is 7.10. The fourth-order valence-corrected chi connectivity index (χ4v) is 1.86. The summed E-state index contributed by atoms with van der Waals surface area (Å²) in [5.41, 5.74) is -0.0889. The fraction of sp³-hybridized carbons (Fsp3) is 0.692. The Kier molecular flexibility index (Phi) is 6.69. The lowest BCUT2D eigenvalue weighted by Gasteiger charge is -2.14. The van der Waals surface area contributed by atoms with Crippen molar-refractivity contribution in [2.45, 2.75) is 52.5 Å². The SMILES string of the molecule is CCCCCC(C)Nc1nc(NCC)ncc1[N+](=O)[O-]. The Balaban J connectivity index is 2.78. The molecule has 0 bridgehead atoms. The van der Waals surface area contributed by atoms with Crippen molar-refractivity contribution < 1.29 is 4.92 Å². The van der Waals surface area contributed by atoms with Gasteiger partial charge in [0.2, 0.25) is 11.8 Å². The minimum atomic E-state index is -0.461. The van der Waals surface area contributed by atoms with Gasteiger partial charge in [0.1, 0.15) is 6.20 Å². The maximum absolute atomic E-state index is 11.0. The Morgan fingerprint density at radius 1 is 1.40 bits per heavy atom. The van der Waals surface area contributed by atoms with Gasteiger partial charge < -0.3 is 10.6 Å². The summed E-state index contributed by atoms with van der Waals surface area (Å²) in [6, 6.07) is 0.143. The quantitative estimate of drug-likeness (QED) is 0.410. The molecule has 0 aliphatic carbocycles. The molecule has 0 aromatic carbocycles. The van der Waals surface area contributed by atoms with Gasteiger partial charge in [0, 0.05) is 12.6 Å². The predicted octanol–water partition coefficient (Wildman–Crippen LogP) is 3.20. The summed E-state index contributed by atoms with van der Waals surface area (Å²) < 4.78 is 0. The van der Waals surface area contributed by atoms with Crippen molar-refractivity contribution in [1.82, 2.24) is 9.97 Å². The van der Waals surface area contributed by atoms with Crippen LogP contribution >= 0.6 is 0 Å². The van der Waals surface area contributed by atoms with Crippen molar-refractivity contribution in [1.29, 1.82) is 0 Å². The van der Waals surface area contributed by atoms with E-state index >= 15 is 0 Å². The van der Waals surface area contributed by atoms with E-state index in [1.54, 1.807) is 0 Å². The van der Waals surface area contributed by atoms with Gasteiger partial charge in [0.15, 0.2) is 0 Å². The molecule has 0 saturated carbocycles. The zero-order valence-corrected chi connectivity index (χ0v) is 12.3. The van der Waals surface area contributed by atoms with Crippen LogP contribution < -0.4 is 10.6 Å². The highest BCUT2D eigenvalue weighted by Gasteiger charge is 2.18. The normalized spacial score (nSPS) is 11.9. The van der Waals surface area contributed by atoms with Crippen molar-refractivity contribution in [3.63, 3.8) is 0 Å². The van der Waals surface area contributed by atoms with E-state index in [9.17, 15) is 10.1 Å². The molecule has 0 saturated heterocycles. The highest BCUT2D eigenvalue weighted by atomic mass is 16.6. The number of anilines is 2. The monoisotopic (exact) mass is 281 g/mol. The van der Waals surface area contributed by atoms with Gasteiger partial charge in [-0.2, -0.15) is 4.98 Å². The van der Waals surface area contributed by atoms with Crippen LogP contribution in [0.5, 0.6) is 0 Å². The zero-order chi connectivity index (χ0) is 15.0. The molecule has 1 atom stereocenters. The van der Waals surface area contributed by atoms with E-state index in [-0.39, 0.29) is 17.5 Å². The second-order valence-corrected chi connectivity index (χ2v) is 4.76. The molecule has 7 nitrogen and oxygen atoms in total. The molecule has 7 heteroatoms. The van der Waals surface area contributed by atoms with Crippen LogP contribution in [0.3, 0.4) is 0 Å². The van der Waals surface area contributed by atoms with Crippen LogP contribution in [-0.2, 0) is 0 Å². The Hall–Kier alpha value is -1.92. The van der Waals surface area contributed by atoms with Crippen LogP contribution in [0.2, 0.25) is 0 Å². The van der Waals surface area contributed by atoms with Crippen molar-refractivity contribution in [2.24, 2.45) is 0 Å². The molecule has 1 heterocycles. The standard InChI is InChI=1S/C13H23N5O2/c1-4-6-7-8-10(3)16-12-11(18(19)20)9-15-13(17-12)14-5-2/h9-10H,4-8H2,1-3H3,(H2,14,15,16,17). The molecule has 1 rings (SSSR count). The van der Waals surface area contributed by atoms with Crippen LogP contribution in [0.15, 0.2) is 6.20 Å². The van der Waals surface area contributed by atoms with E-state index in [0.717, 1.165) is 19.3 Å². The van der Waals surface area contributed by atoms with E-state index < -0.39 is 4.92 Å². The molecular formula is C13H23N5O2. The van der Waals surface area contributed by atoms with Gasteiger partial charge in [0.25, 0.3) is 0 Å². The van der Waals surface area contributed by atoms with E-state index in [1.165, 1.54) is 12.6 Å². The number of nitrogens with one attached hydrogen (secondary N) is 2. The Bertz CT molecular complexity index is 439. The van der Waals surface area contributed by atoms with E-state index in [0.29, 0.717) is 12.5 Å². The zero-order valence-electron chi connectivity index (χ0n) is 12.3. The van der Waals surface area contributed by atoms with Crippen LogP contribution in [0.1, 0.15) is 46.5 Å². The van der Waals surface area contributed by atoms with E-state index in [2.05, 4.69) is 27.5 Å². The Labute approximate surface area is 119 Å². The summed E-state index contributed by atoms with van der Waals surface area (Å²) in [6.45, 7) is 6.75. The maximum atomic E-state index is 11.0. The first kappa shape index (κ1) is 16.1. The van der Waals surface area contributed by atoms with Gasteiger partial charge >= 0.3 is 5.69 Å². The second kappa shape index (κ2) is 8.29. The molecule has 0 radical (unpaired) electrons. The summed E-state index contributed by atoms with van der Waals surface area (Å²) in [6.07, 6.45) is 5.63. The van der Waals surface area contributed by atoms with Gasteiger partial charge in [-0.1, -0.05) is 26.2 Å². The molecule has 0 aliphatic heterocycles. The third-order valence-corrected chi connectivity index (χ3v) is 2.92. The maximum Gasteiger partial charge on any atom is 0.329 e. The van der Waals surface area contributed by atoms with Crippen molar-refractivity contribution in [3.8, 4) is 0 Å². The molecule has 112 valence electrons. The average molecular weight is 281 g/mol. The van der Waals surface area contributed by atoms with E-state index in [4.69, 9.17) is 0 Å². The highest BCUT2D eigenvalue weighted by molar-refractivity contribution is 5.57. The molecule has 0 spiro atoms. The molecule has 1 unspecified atom stereocenters. The topological polar surface area (TPSA) is 93.0 Å². The van der Waals surface area contributed by atoms with Crippen molar-refractivity contribution in [2.75, 3.05) is 17.2 Å². The lowest BCUT2D eigenvalue weighted by molar-refractivity contribution is -0.384. The lowest BCUT2D eigenvalue weighted by atomic mass is 10.1. The van der Waals surface area contributed by atoms with Crippen molar-refractivity contribution in [3.05, 3.63) is 16.3 Å². The highest BCUT2D eigenvalue weighted by Crippen LogP contribution is 2.23. The molecule has 2 N–H and O–H groups in total. The van der Waals surface area contributed by atoms with Gasteiger partial charge in [-0.3, -0.25) is 10.1 Å². The van der Waals surface area contributed by atoms with Crippen LogP contribution in [0.4, 0.5) is 17.5 Å². The molecule has 1 aromatic rings. The molecule has 20 heavy (non-hydrogen) atoms. The number of nitro groups is 1. The van der Waals surface area contributed by atoms with Crippen LogP contribution in [0.25, 0.3) is 0 Å². The predicted molar refractivity (Wildman–Crippen MR) is 80.1 cm³/mol. The molecule has 0 fully saturated rings. The average Bonchev–Trinajstić information content (AvgIpc) is 2.39. The minimum absolute atomic E-state index is 0.0889. The first-order chi connectivity index (χ1) is 9.58. The summed E-state index contributed by atoms with van der Waals surface area (Å²) >= 11 is 0. The number of nitrogens with zero attached hydrogens (tertiary/aromatic N) is 3. The summed E-state index contributed by atoms with van der Waals surface area (Å²) in [7, 11) is 0. The fourth-order valence-electron chi connectivity index (χ4n) is 1.86. The van der Waals surface area contributed by atoms with Crippen LogP contribution in [-0.4, -0.2) is 27.5 Å². The van der Waals surface area contributed by atoms with Gasteiger partial charge in [-0.05, 0) is 20.3 Å². The molecular weight excluding hydrogens is 258 g/mol. The Morgan fingerprint density at radius 3 is 2.75 bits per heavy atom. The molecule has 0 amide bonds.